The average Bonchev–Trinajstić information content (AvgIpc) is 2.76. The minimum absolute atomic E-state index is 0.0700. The van der Waals surface area contributed by atoms with Gasteiger partial charge in [-0.25, -0.2) is 0 Å². The normalized spacial score (nSPS) is 19.1. The third-order valence-corrected chi connectivity index (χ3v) is 2.69. The van der Waals surface area contributed by atoms with Crippen molar-refractivity contribution in [2.24, 2.45) is 0 Å². The summed E-state index contributed by atoms with van der Waals surface area (Å²) in [6, 6.07) is 1.38. The second kappa shape index (κ2) is 3.69. The summed E-state index contributed by atoms with van der Waals surface area (Å²) in [5, 5.41) is 5.68. The Bertz CT molecular complexity index is 478. The van der Waals surface area contributed by atoms with E-state index in [9.17, 15) is 14.4 Å². The van der Waals surface area contributed by atoms with Gasteiger partial charge in [0.05, 0.1) is 0 Å². The maximum absolute atomic E-state index is 12.0. The summed E-state index contributed by atoms with van der Waals surface area (Å²) in [6.07, 6.45) is 1.26. The van der Waals surface area contributed by atoms with Crippen molar-refractivity contribution >= 4 is 17.7 Å². The first-order valence-corrected chi connectivity index (χ1v) is 4.99. The molecular formula is C10H11N3O4. The molecule has 2 rings (SSSR count). The van der Waals surface area contributed by atoms with Crippen LogP contribution in [0.5, 0.6) is 0 Å². The first-order chi connectivity index (χ1) is 7.93. The third kappa shape index (κ3) is 1.79. The Balaban J connectivity index is 2.33. The zero-order valence-corrected chi connectivity index (χ0v) is 9.39. The third-order valence-electron chi connectivity index (χ3n) is 2.69. The standard InChI is InChI=1S/C10H11N3O4/c1-10(2)9(16)11-7(14)5-13(10)8(15)6-3-4-17-12-6/h3-4H,5H2,1-2H3,(H,11,14,16). The number of hydrogen-bond acceptors (Lipinski definition) is 5. The maximum atomic E-state index is 12.0. The Morgan fingerprint density at radius 2 is 2.24 bits per heavy atom. The molecule has 0 bridgehead atoms. The van der Waals surface area contributed by atoms with E-state index >= 15 is 0 Å². The molecule has 1 aliphatic heterocycles. The van der Waals surface area contributed by atoms with Crippen molar-refractivity contribution in [1.82, 2.24) is 15.4 Å². The summed E-state index contributed by atoms with van der Waals surface area (Å²) < 4.78 is 4.57. The van der Waals surface area contributed by atoms with Gasteiger partial charge in [-0.3, -0.25) is 19.7 Å². The Kier molecular flexibility index (Phi) is 2.45. The summed E-state index contributed by atoms with van der Waals surface area (Å²) in [7, 11) is 0. The van der Waals surface area contributed by atoms with Crippen LogP contribution in [0.1, 0.15) is 24.3 Å². The van der Waals surface area contributed by atoms with Crippen molar-refractivity contribution in [3.8, 4) is 0 Å². The van der Waals surface area contributed by atoms with E-state index in [-0.39, 0.29) is 12.2 Å². The fourth-order valence-corrected chi connectivity index (χ4v) is 1.57. The first-order valence-electron chi connectivity index (χ1n) is 4.99. The zero-order valence-electron chi connectivity index (χ0n) is 9.39. The first kappa shape index (κ1) is 11.3. The van der Waals surface area contributed by atoms with Crippen molar-refractivity contribution in [2.75, 3.05) is 6.54 Å². The van der Waals surface area contributed by atoms with E-state index in [1.165, 1.54) is 17.2 Å². The molecule has 3 amide bonds. The second-order valence-electron chi connectivity index (χ2n) is 4.21. The van der Waals surface area contributed by atoms with Crippen molar-refractivity contribution in [2.45, 2.75) is 19.4 Å². The van der Waals surface area contributed by atoms with Gasteiger partial charge in [0.2, 0.25) is 5.91 Å². The quantitative estimate of drug-likeness (QED) is 0.668. The Morgan fingerprint density at radius 1 is 1.53 bits per heavy atom. The number of nitrogens with one attached hydrogen (secondary N) is 1. The predicted molar refractivity (Wildman–Crippen MR) is 54.8 cm³/mol. The minimum atomic E-state index is -1.09. The van der Waals surface area contributed by atoms with Crippen LogP contribution >= 0.6 is 0 Å². The van der Waals surface area contributed by atoms with E-state index in [2.05, 4.69) is 15.0 Å². The Morgan fingerprint density at radius 3 is 2.82 bits per heavy atom. The SMILES string of the molecule is CC1(C)C(=O)NC(=O)CN1C(=O)c1ccon1. The molecule has 17 heavy (non-hydrogen) atoms. The van der Waals surface area contributed by atoms with Crippen LogP contribution < -0.4 is 5.32 Å². The van der Waals surface area contributed by atoms with Crippen LogP contribution in [-0.2, 0) is 9.59 Å². The molecule has 1 N–H and O–H groups in total. The Hall–Kier alpha value is -2.18. The van der Waals surface area contributed by atoms with Gasteiger partial charge in [-0.05, 0) is 13.8 Å². The van der Waals surface area contributed by atoms with Crippen LogP contribution in [0.15, 0.2) is 16.9 Å². The van der Waals surface area contributed by atoms with E-state index in [0.29, 0.717) is 0 Å². The number of hydrogen-bond donors (Lipinski definition) is 1. The highest BCUT2D eigenvalue weighted by Gasteiger charge is 2.44. The molecule has 1 fully saturated rings. The molecular weight excluding hydrogens is 226 g/mol. The lowest BCUT2D eigenvalue weighted by Gasteiger charge is -2.39. The molecule has 2 heterocycles. The molecule has 1 saturated heterocycles. The average molecular weight is 237 g/mol. The van der Waals surface area contributed by atoms with E-state index in [4.69, 9.17) is 0 Å². The molecule has 0 aromatic carbocycles. The van der Waals surface area contributed by atoms with E-state index in [1.54, 1.807) is 13.8 Å². The number of amides is 3. The summed E-state index contributed by atoms with van der Waals surface area (Å²) in [5.41, 5.74) is -1.02. The van der Waals surface area contributed by atoms with Crippen LogP contribution in [-0.4, -0.2) is 39.9 Å². The second-order valence-corrected chi connectivity index (χ2v) is 4.21. The predicted octanol–water partition coefficient (Wildman–Crippen LogP) is -0.448. The zero-order chi connectivity index (χ0) is 12.6. The molecule has 0 unspecified atom stereocenters. The van der Waals surface area contributed by atoms with Gasteiger partial charge in [-0.15, -0.1) is 0 Å². The van der Waals surface area contributed by atoms with Gasteiger partial charge in [0.1, 0.15) is 18.3 Å². The number of piperazine rings is 1. The molecule has 0 aliphatic carbocycles. The van der Waals surface area contributed by atoms with Gasteiger partial charge in [-0.2, -0.15) is 0 Å². The molecule has 1 aromatic heterocycles. The number of rotatable bonds is 1. The van der Waals surface area contributed by atoms with Gasteiger partial charge in [-0.1, -0.05) is 5.16 Å². The number of nitrogens with zero attached hydrogens (tertiary/aromatic N) is 2. The highest BCUT2D eigenvalue weighted by atomic mass is 16.5. The molecule has 0 atom stereocenters. The lowest BCUT2D eigenvalue weighted by molar-refractivity contribution is -0.143. The van der Waals surface area contributed by atoms with E-state index in [1.807, 2.05) is 0 Å². The molecule has 0 radical (unpaired) electrons. The van der Waals surface area contributed by atoms with Crippen molar-refractivity contribution in [3.05, 3.63) is 18.0 Å². The van der Waals surface area contributed by atoms with Gasteiger partial charge in [0.25, 0.3) is 11.8 Å². The highest BCUT2D eigenvalue weighted by Crippen LogP contribution is 2.20. The number of imide groups is 1. The minimum Gasteiger partial charge on any atom is -0.364 e. The molecule has 1 aliphatic rings. The van der Waals surface area contributed by atoms with Crippen molar-refractivity contribution in [3.63, 3.8) is 0 Å². The fourth-order valence-electron chi connectivity index (χ4n) is 1.57. The van der Waals surface area contributed by atoms with Crippen LogP contribution in [0.3, 0.4) is 0 Å². The van der Waals surface area contributed by atoms with Gasteiger partial charge >= 0.3 is 0 Å². The lowest BCUT2D eigenvalue weighted by Crippen LogP contribution is -2.65. The van der Waals surface area contributed by atoms with Crippen molar-refractivity contribution < 1.29 is 18.9 Å². The topological polar surface area (TPSA) is 92.5 Å². The molecule has 0 spiro atoms. The van der Waals surface area contributed by atoms with E-state index < -0.39 is 23.3 Å². The largest absolute Gasteiger partial charge is 0.364 e. The molecule has 7 heteroatoms. The number of carbonyl (C=O) groups excluding carboxylic acids is 3. The smallest absolute Gasteiger partial charge is 0.277 e. The van der Waals surface area contributed by atoms with Crippen molar-refractivity contribution in [1.29, 1.82) is 0 Å². The fraction of sp³-hybridized carbons (Fsp3) is 0.400. The number of carbonyl (C=O) groups is 3. The van der Waals surface area contributed by atoms with Gasteiger partial charge in [0.15, 0.2) is 5.69 Å². The molecule has 0 saturated carbocycles. The number of aromatic nitrogens is 1. The summed E-state index contributed by atoms with van der Waals surface area (Å²) >= 11 is 0. The van der Waals surface area contributed by atoms with Crippen LogP contribution in [0.2, 0.25) is 0 Å². The molecule has 7 nitrogen and oxygen atoms in total. The van der Waals surface area contributed by atoms with Crippen LogP contribution in [0.25, 0.3) is 0 Å². The highest BCUT2D eigenvalue weighted by molar-refractivity contribution is 6.08. The van der Waals surface area contributed by atoms with Gasteiger partial charge in [0, 0.05) is 6.07 Å². The summed E-state index contributed by atoms with van der Waals surface area (Å²) in [5.74, 6) is -1.52. The molecule has 1 aromatic rings. The summed E-state index contributed by atoms with van der Waals surface area (Å²) in [4.78, 5) is 36.1. The van der Waals surface area contributed by atoms with Gasteiger partial charge < -0.3 is 9.42 Å². The lowest BCUT2D eigenvalue weighted by atomic mass is 9.98. The van der Waals surface area contributed by atoms with Crippen LogP contribution in [0, 0.1) is 0 Å². The maximum Gasteiger partial charge on any atom is 0.277 e. The van der Waals surface area contributed by atoms with Crippen LogP contribution in [0.4, 0.5) is 0 Å². The van der Waals surface area contributed by atoms with E-state index in [0.717, 1.165) is 0 Å². The summed E-state index contributed by atoms with van der Waals surface area (Å²) in [6.45, 7) is 2.95. The molecule has 90 valence electrons. The monoisotopic (exact) mass is 237 g/mol. The Labute approximate surface area is 96.7 Å².